The number of hydrogen-bond donors (Lipinski definition) is 0. The minimum absolute atomic E-state index is 0.00773. The van der Waals surface area contributed by atoms with Gasteiger partial charge >= 0.3 is 0 Å². The molecule has 158 valence electrons. The van der Waals surface area contributed by atoms with Gasteiger partial charge in [-0.25, -0.2) is 4.39 Å². The number of nitrogens with zero attached hydrogens (tertiary/aromatic N) is 3. The second kappa shape index (κ2) is 10.1. The first-order valence-corrected chi connectivity index (χ1v) is 9.72. The zero-order valence-electron chi connectivity index (χ0n) is 16.8. The zero-order chi connectivity index (χ0) is 21.5. The highest BCUT2D eigenvalue weighted by Gasteiger charge is 2.30. The summed E-state index contributed by atoms with van der Waals surface area (Å²) >= 11 is 0. The third-order valence-corrected chi connectivity index (χ3v) is 5.04. The van der Waals surface area contributed by atoms with Crippen LogP contribution in [0.15, 0.2) is 48.8 Å². The van der Waals surface area contributed by atoms with Gasteiger partial charge < -0.3 is 14.5 Å². The van der Waals surface area contributed by atoms with Crippen LogP contribution >= 0.6 is 0 Å². The molecule has 0 spiro atoms. The molecule has 2 amide bonds. The topological polar surface area (TPSA) is 79.8 Å². The van der Waals surface area contributed by atoms with E-state index >= 15 is 0 Å². The number of hydrogen-bond acceptors (Lipinski definition) is 5. The number of pyridine rings is 1. The van der Waals surface area contributed by atoms with Crippen LogP contribution in [0.3, 0.4) is 0 Å². The summed E-state index contributed by atoms with van der Waals surface area (Å²) in [7, 11) is 1.55. The van der Waals surface area contributed by atoms with Crippen LogP contribution in [-0.4, -0.2) is 65.2 Å². The number of rotatable bonds is 7. The van der Waals surface area contributed by atoms with E-state index in [9.17, 15) is 18.8 Å². The molecule has 2 heterocycles. The van der Waals surface area contributed by atoms with E-state index in [2.05, 4.69) is 4.98 Å². The van der Waals surface area contributed by atoms with Crippen molar-refractivity contribution in [2.24, 2.45) is 0 Å². The summed E-state index contributed by atoms with van der Waals surface area (Å²) in [6, 6.07) is 8.91. The predicted molar refractivity (Wildman–Crippen MR) is 107 cm³/mol. The molecule has 1 aromatic heterocycles. The molecule has 30 heavy (non-hydrogen) atoms. The van der Waals surface area contributed by atoms with Crippen molar-refractivity contribution in [3.8, 4) is 0 Å². The summed E-state index contributed by atoms with van der Waals surface area (Å²) in [5.41, 5.74) is 1.25. The summed E-state index contributed by atoms with van der Waals surface area (Å²) in [5.74, 6) is -1.14. The molecule has 1 aromatic carbocycles. The lowest BCUT2D eigenvalue weighted by Crippen LogP contribution is -2.39. The number of Topliss-reactive ketones (excluding diaryl/α,β-unsaturated/α-hetero) is 1. The lowest BCUT2D eigenvalue weighted by atomic mass is 10.1. The van der Waals surface area contributed by atoms with Crippen molar-refractivity contribution >= 4 is 17.6 Å². The number of ketones is 1. The Balaban J connectivity index is 1.60. The highest BCUT2D eigenvalue weighted by Crippen LogP contribution is 2.14. The molecule has 1 fully saturated rings. The van der Waals surface area contributed by atoms with Crippen molar-refractivity contribution in [1.29, 1.82) is 0 Å². The average Bonchev–Trinajstić information content (AvgIpc) is 2.92. The van der Waals surface area contributed by atoms with Gasteiger partial charge in [-0.15, -0.1) is 0 Å². The van der Waals surface area contributed by atoms with Crippen molar-refractivity contribution in [2.75, 3.05) is 26.7 Å². The third kappa shape index (κ3) is 5.70. The maximum Gasteiger partial charge on any atom is 0.242 e. The quantitative estimate of drug-likeness (QED) is 0.650. The maximum absolute atomic E-state index is 13.0. The Morgan fingerprint density at radius 2 is 1.93 bits per heavy atom. The number of methoxy groups -OCH3 is 1. The Labute approximate surface area is 174 Å². The fraction of sp³-hybridized carbons (Fsp3) is 0.364. The van der Waals surface area contributed by atoms with Gasteiger partial charge in [0.1, 0.15) is 5.82 Å². The summed E-state index contributed by atoms with van der Waals surface area (Å²) < 4.78 is 18.5. The largest absolute Gasteiger partial charge is 0.378 e. The van der Waals surface area contributed by atoms with Crippen LogP contribution in [0.1, 0.15) is 28.8 Å². The highest BCUT2D eigenvalue weighted by molar-refractivity contribution is 5.98. The van der Waals surface area contributed by atoms with Crippen molar-refractivity contribution in [3.63, 3.8) is 0 Å². The van der Waals surface area contributed by atoms with E-state index in [0.717, 1.165) is 5.56 Å². The van der Waals surface area contributed by atoms with Gasteiger partial charge in [-0.05, 0) is 35.9 Å². The molecule has 1 atom stereocenters. The Bertz CT molecular complexity index is 889. The molecule has 7 nitrogen and oxygen atoms in total. The summed E-state index contributed by atoms with van der Waals surface area (Å²) in [5, 5.41) is 0. The summed E-state index contributed by atoms with van der Waals surface area (Å²) in [4.78, 5) is 44.8. The minimum atomic E-state index is -0.424. The molecule has 2 aromatic rings. The predicted octanol–water partition coefficient (Wildman–Crippen LogP) is 2.07. The van der Waals surface area contributed by atoms with Gasteiger partial charge in [0, 0.05) is 57.5 Å². The molecule has 3 rings (SSSR count). The molecule has 0 unspecified atom stereocenters. The van der Waals surface area contributed by atoms with E-state index < -0.39 is 5.82 Å². The van der Waals surface area contributed by atoms with Crippen LogP contribution in [-0.2, 0) is 20.9 Å². The molecule has 1 aliphatic rings. The molecular formula is C22H24FN3O4. The first-order valence-electron chi connectivity index (χ1n) is 9.72. The molecule has 0 N–H and O–H groups in total. The first kappa shape index (κ1) is 21.6. The van der Waals surface area contributed by atoms with Gasteiger partial charge in [-0.1, -0.05) is 6.07 Å². The molecule has 8 heteroatoms. The van der Waals surface area contributed by atoms with Gasteiger partial charge in [0.05, 0.1) is 12.6 Å². The molecular weight excluding hydrogens is 389 g/mol. The van der Waals surface area contributed by atoms with Crippen molar-refractivity contribution in [2.45, 2.75) is 25.5 Å². The van der Waals surface area contributed by atoms with Crippen molar-refractivity contribution in [1.82, 2.24) is 14.8 Å². The monoisotopic (exact) mass is 413 g/mol. The first-order chi connectivity index (χ1) is 14.5. The molecule has 0 aliphatic carbocycles. The Morgan fingerprint density at radius 3 is 2.60 bits per heavy atom. The summed E-state index contributed by atoms with van der Waals surface area (Å²) in [6.07, 6.45) is 3.00. The number of benzene rings is 1. The summed E-state index contributed by atoms with van der Waals surface area (Å²) in [6.45, 7) is 0.958. The van der Waals surface area contributed by atoms with Gasteiger partial charge in [0.15, 0.2) is 5.78 Å². The Hall–Kier alpha value is -3.13. The number of halogens is 1. The average molecular weight is 413 g/mol. The van der Waals surface area contributed by atoms with Gasteiger partial charge in [0.25, 0.3) is 0 Å². The number of aromatic nitrogens is 1. The van der Waals surface area contributed by atoms with Crippen molar-refractivity contribution < 1.29 is 23.5 Å². The Kier molecular flexibility index (Phi) is 7.24. The number of carbonyl (C=O) groups excluding carboxylic acids is 3. The second-order valence-corrected chi connectivity index (χ2v) is 7.20. The van der Waals surface area contributed by atoms with Crippen molar-refractivity contribution in [3.05, 3.63) is 65.7 Å². The van der Waals surface area contributed by atoms with Gasteiger partial charge in [0.2, 0.25) is 11.8 Å². The number of carbonyl (C=O) groups is 3. The van der Waals surface area contributed by atoms with E-state index in [4.69, 9.17) is 4.74 Å². The van der Waals surface area contributed by atoms with Gasteiger partial charge in [-0.2, -0.15) is 0 Å². The SMILES string of the molecule is CO[C@@H]1CN(C(=O)CCC(=O)c2ccc(F)cc2)CC(=O)N(Cc2cccnc2)C1. The Morgan fingerprint density at radius 1 is 1.17 bits per heavy atom. The molecule has 0 saturated carbocycles. The number of ether oxygens (including phenoxy) is 1. The smallest absolute Gasteiger partial charge is 0.242 e. The van der Waals surface area contributed by atoms with Crippen LogP contribution in [0.4, 0.5) is 4.39 Å². The van der Waals surface area contributed by atoms with E-state index in [1.54, 1.807) is 30.5 Å². The van der Waals surface area contributed by atoms with E-state index in [1.165, 1.54) is 29.2 Å². The van der Waals surface area contributed by atoms with Crippen LogP contribution in [0.5, 0.6) is 0 Å². The molecule has 0 radical (unpaired) electrons. The lowest BCUT2D eigenvalue weighted by molar-refractivity contribution is -0.139. The molecule has 0 bridgehead atoms. The fourth-order valence-electron chi connectivity index (χ4n) is 3.34. The molecule has 1 aliphatic heterocycles. The van der Waals surface area contributed by atoms with Crippen LogP contribution in [0, 0.1) is 5.82 Å². The van der Waals surface area contributed by atoms with Crippen LogP contribution < -0.4 is 0 Å². The molecule has 1 saturated heterocycles. The van der Waals surface area contributed by atoms with Crippen LogP contribution in [0.25, 0.3) is 0 Å². The van der Waals surface area contributed by atoms with Gasteiger partial charge in [-0.3, -0.25) is 19.4 Å². The normalized spacial score (nSPS) is 17.0. The minimum Gasteiger partial charge on any atom is -0.378 e. The van der Waals surface area contributed by atoms with E-state index in [0.29, 0.717) is 18.7 Å². The van der Waals surface area contributed by atoms with E-state index in [1.807, 2.05) is 6.07 Å². The van der Waals surface area contributed by atoms with E-state index in [-0.39, 0.29) is 49.6 Å². The standard InChI is InChI=1S/C22H24FN3O4/c1-30-19-13-25(12-16-3-2-10-24-11-16)22(29)15-26(14-19)21(28)9-8-20(27)17-4-6-18(23)7-5-17/h2-7,10-11,19H,8-9,12-15H2,1H3/t19-/m0/s1. The fourth-order valence-corrected chi connectivity index (χ4v) is 3.34. The number of amides is 2. The maximum atomic E-state index is 13.0. The zero-order valence-corrected chi connectivity index (χ0v) is 16.8. The lowest BCUT2D eigenvalue weighted by Gasteiger charge is -2.23. The van der Waals surface area contributed by atoms with Crippen LogP contribution in [0.2, 0.25) is 0 Å². The third-order valence-electron chi connectivity index (χ3n) is 5.04. The highest BCUT2D eigenvalue weighted by atomic mass is 19.1. The second-order valence-electron chi connectivity index (χ2n) is 7.20.